The van der Waals surface area contributed by atoms with Crippen LogP contribution in [-0.2, 0) is 6.54 Å². The lowest BCUT2D eigenvalue weighted by Crippen LogP contribution is -3.13. The molecule has 0 unspecified atom stereocenters. The second-order valence-electron chi connectivity index (χ2n) is 6.45. The lowest BCUT2D eigenvalue weighted by molar-refractivity contribution is -0.914. The van der Waals surface area contributed by atoms with E-state index in [0.717, 1.165) is 38.5 Å². The standard InChI is InChI=1S/C20H23N3O/c1-24-20-9-5-4-8-19(20)23-12-10-22(11-13-23)15-16-14-21-18-7-3-2-6-17(16)18/h2-9,14,21H,10-13,15H2,1H3/p+1. The molecule has 124 valence electrons. The van der Waals surface area contributed by atoms with Crippen LogP contribution in [0, 0.1) is 0 Å². The van der Waals surface area contributed by atoms with Gasteiger partial charge in [0, 0.05) is 22.7 Å². The van der Waals surface area contributed by atoms with E-state index < -0.39 is 0 Å². The van der Waals surface area contributed by atoms with Crippen LogP contribution in [0.15, 0.2) is 54.7 Å². The van der Waals surface area contributed by atoms with Crippen molar-refractivity contribution in [2.24, 2.45) is 0 Å². The van der Waals surface area contributed by atoms with Gasteiger partial charge >= 0.3 is 0 Å². The summed E-state index contributed by atoms with van der Waals surface area (Å²) in [7, 11) is 1.75. The predicted octanol–water partition coefficient (Wildman–Crippen LogP) is 2.08. The number of H-pyrrole nitrogens is 1. The number of rotatable bonds is 4. The van der Waals surface area contributed by atoms with Crippen LogP contribution < -0.4 is 14.5 Å². The van der Waals surface area contributed by atoms with E-state index in [1.165, 1.54) is 22.2 Å². The Kier molecular flexibility index (Phi) is 4.13. The Bertz CT molecular complexity index is 818. The van der Waals surface area contributed by atoms with Gasteiger partial charge in [0.15, 0.2) is 0 Å². The van der Waals surface area contributed by atoms with Gasteiger partial charge in [-0.3, -0.25) is 0 Å². The first-order chi connectivity index (χ1) is 11.8. The second kappa shape index (κ2) is 6.57. The van der Waals surface area contributed by atoms with Gasteiger partial charge in [-0.05, 0) is 18.2 Å². The minimum Gasteiger partial charge on any atom is -0.495 e. The molecule has 1 aliphatic heterocycles. The summed E-state index contributed by atoms with van der Waals surface area (Å²) in [6.07, 6.45) is 2.17. The Morgan fingerprint density at radius 3 is 2.62 bits per heavy atom. The molecule has 2 aromatic carbocycles. The van der Waals surface area contributed by atoms with Crippen molar-refractivity contribution < 1.29 is 9.64 Å². The molecule has 3 aromatic rings. The van der Waals surface area contributed by atoms with Gasteiger partial charge in [0.1, 0.15) is 12.3 Å². The molecular weight excluding hydrogens is 298 g/mol. The van der Waals surface area contributed by atoms with Crippen LogP contribution in [0.3, 0.4) is 0 Å². The maximum absolute atomic E-state index is 5.51. The second-order valence-corrected chi connectivity index (χ2v) is 6.45. The molecule has 2 N–H and O–H groups in total. The molecule has 2 heterocycles. The first-order valence-electron chi connectivity index (χ1n) is 8.61. The summed E-state index contributed by atoms with van der Waals surface area (Å²) in [4.78, 5) is 7.47. The van der Waals surface area contributed by atoms with Crippen LogP contribution in [0.1, 0.15) is 5.56 Å². The number of piperazine rings is 1. The predicted molar refractivity (Wildman–Crippen MR) is 97.9 cm³/mol. The topological polar surface area (TPSA) is 32.7 Å². The van der Waals surface area contributed by atoms with Gasteiger partial charge < -0.3 is 19.5 Å². The summed E-state index contributed by atoms with van der Waals surface area (Å²) in [5.74, 6) is 0.970. The lowest BCUT2D eigenvalue weighted by Gasteiger charge is -2.34. The number of ether oxygens (including phenoxy) is 1. The molecule has 4 heteroatoms. The van der Waals surface area contributed by atoms with Gasteiger partial charge in [-0.2, -0.15) is 0 Å². The van der Waals surface area contributed by atoms with Gasteiger partial charge in [0.25, 0.3) is 0 Å². The van der Waals surface area contributed by atoms with Crippen molar-refractivity contribution in [1.82, 2.24) is 4.98 Å². The number of hydrogen-bond donors (Lipinski definition) is 2. The number of aromatic amines is 1. The minimum absolute atomic E-state index is 0.970. The Hall–Kier alpha value is -2.46. The smallest absolute Gasteiger partial charge is 0.142 e. The number of aromatic nitrogens is 1. The molecule has 0 saturated carbocycles. The van der Waals surface area contributed by atoms with E-state index in [1.807, 2.05) is 12.1 Å². The summed E-state index contributed by atoms with van der Waals surface area (Å²) in [6, 6.07) is 16.9. The van der Waals surface area contributed by atoms with E-state index >= 15 is 0 Å². The number of hydrogen-bond acceptors (Lipinski definition) is 2. The van der Waals surface area contributed by atoms with Crippen LogP contribution in [0.25, 0.3) is 10.9 Å². The monoisotopic (exact) mass is 322 g/mol. The van der Waals surface area contributed by atoms with Crippen molar-refractivity contribution in [2.45, 2.75) is 6.54 Å². The summed E-state index contributed by atoms with van der Waals surface area (Å²) < 4.78 is 5.51. The summed E-state index contributed by atoms with van der Waals surface area (Å²) in [5, 5.41) is 1.36. The molecule has 24 heavy (non-hydrogen) atoms. The molecule has 4 rings (SSSR count). The van der Waals surface area contributed by atoms with Crippen LogP contribution in [-0.4, -0.2) is 38.3 Å². The van der Waals surface area contributed by atoms with E-state index in [1.54, 1.807) is 12.0 Å². The molecule has 0 aliphatic carbocycles. The molecule has 0 radical (unpaired) electrons. The Morgan fingerprint density at radius 2 is 1.79 bits per heavy atom. The van der Waals surface area contributed by atoms with Gasteiger partial charge in [-0.1, -0.05) is 30.3 Å². The van der Waals surface area contributed by atoms with Crippen LogP contribution in [0.5, 0.6) is 5.75 Å². The zero-order valence-electron chi connectivity index (χ0n) is 14.1. The minimum atomic E-state index is 0.970. The third kappa shape index (κ3) is 2.85. The molecular formula is C20H24N3O+. The van der Waals surface area contributed by atoms with Crippen molar-refractivity contribution in [3.8, 4) is 5.75 Å². The summed E-state index contributed by atoms with van der Waals surface area (Å²) >= 11 is 0. The first kappa shape index (κ1) is 15.1. The zero-order chi connectivity index (χ0) is 16.4. The number of nitrogens with one attached hydrogen (secondary N) is 2. The highest BCUT2D eigenvalue weighted by Gasteiger charge is 2.22. The number of para-hydroxylation sites is 3. The molecule has 1 aliphatic rings. The molecule has 1 aromatic heterocycles. The fraction of sp³-hybridized carbons (Fsp3) is 0.300. The number of fused-ring (bicyclic) bond motifs is 1. The molecule has 4 nitrogen and oxygen atoms in total. The summed E-state index contributed by atoms with van der Waals surface area (Å²) in [6.45, 7) is 5.52. The van der Waals surface area contributed by atoms with Crippen molar-refractivity contribution in [3.63, 3.8) is 0 Å². The number of nitrogens with zero attached hydrogens (tertiary/aromatic N) is 1. The highest BCUT2D eigenvalue weighted by atomic mass is 16.5. The third-order valence-corrected chi connectivity index (χ3v) is 5.01. The molecule has 1 fully saturated rings. The van der Waals surface area contributed by atoms with Crippen molar-refractivity contribution in [1.29, 1.82) is 0 Å². The zero-order valence-corrected chi connectivity index (χ0v) is 14.1. The molecule has 0 bridgehead atoms. The maximum Gasteiger partial charge on any atom is 0.142 e. The van der Waals surface area contributed by atoms with E-state index in [2.05, 4.69) is 52.5 Å². The highest BCUT2D eigenvalue weighted by molar-refractivity contribution is 5.82. The lowest BCUT2D eigenvalue weighted by atomic mass is 10.1. The van der Waals surface area contributed by atoms with Crippen molar-refractivity contribution >= 4 is 16.6 Å². The van der Waals surface area contributed by atoms with Crippen molar-refractivity contribution in [2.75, 3.05) is 38.2 Å². The Labute approximate surface area is 142 Å². The van der Waals surface area contributed by atoms with E-state index in [4.69, 9.17) is 4.74 Å². The number of benzene rings is 2. The normalized spacial score (nSPS) is 15.8. The van der Waals surface area contributed by atoms with Crippen molar-refractivity contribution in [3.05, 3.63) is 60.3 Å². The fourth-order valence-electron chi connectivity index (χ4n) is 3.68. The van der Waals surface area contributed by atoms with Gasteiger partial charge in [-0.15, -0.1) is 0 Å². The Morgan fingerprint density at radius 1 is 1.04 bits per heavy atom. The van der Waals surface area contributed by atoms with Crippen LogP contribution >= 0.6 is 0 Å². The molecule has 0 atom stereocenters. The third-order valence-electron chi connectivity index (χ3n) is 5.01. The van der Waals surface area contributed by atoms with Gasteiger partial charge in [0.05, 0.1) is 39.0 Å². The quantitative estimate of drug-likeness (QED) is 0.771. The molecule has 0 amide bonds. The van der Waals surface area contributed by atoms with Crippen LogP contribution in [0.4, 0.5) is 5.69 Å². The van der Waals surface area contributed by atoms with Crippen LogP contribution in [0.2, 0.25) is 0 Å². The molecule has 0 spiro atoms. The van der Waals surface area contributed by atoms with E-state index in [0.29, 0.717) is 0 Å². The maximum atomic E-state index is 5.51. The number of quaternary nitrogens is 1. The summed E-state index contributed by atoms with van der Waals surface area (Å²) in [5.41, 5.74) is 3.87. The average Bonchev–Trinajstić information content (AvgIpc) is 3.05. The fourth-order valence-corrected chi connectivity index (χ4v) is 3.68. The average molecular weight is 322 g/mol. The highest BCUT2D eigenvalue weighted by Crippen LogP contribution is 2.27. The largest absolute Gasteiger partial charge is 0.495 e. The van der Waals surface area contributed by atoms with E-state index in [9.17, 15) is 0 Å². The Balaban J connectivity index is 1.43. The number of methoxy groups -OCH3 is 1. The first-order valence-corrected chi connectivity index (χ1v) is 8.61. The number of anilines is 1. The van der Waals surface area contributed by atoms with Gasteiger partial charge in [0.2, 0.25) is 0 Å². The van der Waals surface area contributed by atoms with E-state index in [-0.39, 0.29) is 0 Å². The molecule has 1 saturated heterocycles. The SMILES string of the molecule is COc1ccccc1N1CC[NH+](Cc2c[nH]c3ccccc23)CC1. The van der Waals surface area contributed by atoms with Gasteiger partial charge in [-0.25, -0.2) is 0 Å².